The number of aromatic nitrogens is 1. The summed E-state index contributed by atoms with van der Waals surface area (Å²) in [7, 11) is 1.54. The standard InChI is InChI=1S/C10H12BrFN2O2/c1-16-6-7(4-11)14-10(15)8-2-3-13-5-9(8)12/h2-3,5,7H,4,6H2,1H3,(H,14,15). The fraction of sp³-hybridized carbons (Fsp3) is 0.400. The Kier molecular flexibility index (Phi) is 5.34. The normalized spacial score (nSPS) is 12.2. The molecule has 16 heavy (non-hydrogen) atoms. The van der Waals surface area contributed by atoms with Gasteiger partial charge in [0, 0.05) is 18.6 Å². The van der Waals surface area contributed by atoms with Crippen LogP contribution in [0.3, 0.4) is 0 Å². The van der Waals surface area contributed by atoms with Gasteiger partial charge in [-0.1, -0.05) is 15.9 Å². The van der Waals surface area contributed by atoms with Gasteiger partial charge in [-0.15, -0.1) is 0 Å². The molecule has 1 N–H and O–H groups in total. The van der Waals surface area contributed by atoms with Crippen molar-refractivity contribution in [3.8, 4) is 0 Å². The molecule has 0 aliphatic carbocycles. The highest BCUT2D eigenvalue weighted by molar-refractivity contribution is 9.09. The van der Waals surface area contributed by atoms with Crippen LogP contribution in [0.2, 0.25) is 0 Å². The van der Waals surface area contributed by atoms with E-state index in [1.165, 1.54) is 19.4 Å². The van der Waals surface area contributed by atoms with Crippen LogP contribution >= 0.6 is 15.9 Å². The molecule has 1 rings (SSSR count). The molecule has 0 bridgehead atoms. The smallest absolute Gasteiger partial charge is 0.254 e. The number of halogens is 2. The predicted octanol–water partition coefficient (Wildman–Crippen LogP) is 1.36. The molecular weight excluding hydrogens is 279 g/mol. The summed E-state index contributed by atoms with van der Waals surface area (Å²) in [6, 6.07) is 1.15. The van der Waals surface area contributed by atoms with E-state index in [-0.39, 0.29) is 11.6 Å². The zero-order chi connectivity index (χ0) is 12.0. The number of carbonyl (C=O) groups excluding carboxylic acids is 1. The van der Waals surface area contributed by atoms with Crippen LogP contribution in [0.1, 0.15) is 10.4 Å². The summed E-state index contributed by atoms with van der Waals surface area (Å²) >= 11 is 3.24. The van der Waals surface area contributed by atoms with Gasteiger partial charge in [0.15, 0.2) is 5.82 Å². The molecule has 0 aromatic carbocycles. The minimum absolute atomic E-state index is 0.0166. The Labute approximate surface area is 101 Å². The third kappa shape index (κ3) is 3.53. The number of amides is 1. The van der Waals surface area contributed by atoms with E-state index >= 15 is 0 Å². The predicted molar refractivity (Wildman–Crippen MR) is 61.1 cm³/mol. The van der Waals surface area contributed by atoms with Crippen molar-refractivity contribution in [1.29, 1.82) is 0 Å². The van der Waals surface area contributed by atoms with Gasteiger partial charge in [0.05, 0.1) is 24.4 Å². The quantitative estimate of drug-likeness (QED) is 0.833. The van der Waals surface area contributed by atoms with Crippen LogP contribution < -0.4 is 5.32 Å². The van der Waals surface area contributed by atoms with E-state index in [0.29, 0.717) is 11.9 Å². The van der Waals surface area contributed by atoms with Crippen LogP contribution in [-0.4, -0.2) is 36.0 Å². The number of hydrogen-bond acceptors (Lipinski definition) is 3. The highest BCUT2D eigenvalue weighted by Crippen LogP contribution is 2.05. The Morgan fingerprint density at radius 2 is 2.50 bits per heavy atom. The minimum atomic E-state index is -0.634. The Morgan fingerprint density at radius 3 is 3.06 bits per heavy atom. The summed E-state index contributed by atoms with van der Waals surface area (Å²) in [6.45, 7) is 0.365. The highest BCUT2D eigenvalue weighted by Gasteiger charge is 2.15. The zero-order valence-corrected chi connectivity index (χ0v) is 10.3. The van der Waals surface area contributed by atoms with E-state index in [4.69, 9.17) is 4.74 Å². The summed E-state index contributed by atoms with van der Waals surface area (Å²) in [6.07, 6.45) is 2.38. The minimum Gasteiger partial charge on any atom is -0.383 e. The molecule has 6 heteroatoms. The number of rotatable bonds is 5. The second kappa shape index (κ2) is 6.55. The number of nitrogens with zero attached hydrogens (tertiary/aromatic N) is 1. The maximum Gasteiger partial charge on any atom is 0.254 e. The van der Waals surface area contributed by atoms with Crippen LogP contribution in [-0.2, 0) is 4.74 Å². The molecule has 0 aliphatic rings. The number of methoxy groups -OCH3 is 1. The first-order valence-corrected chi connectivity index (χ1v) is 5.76. The van der Waals surface area contributed by atoms with E-state index < -0.39 is 11.7 Å². The maximum atomic E-state index is 13.2. The summed E-state index contributed by atoms with van der Waals surface area (Å²) in [4.78, 5) is 15.2. The van der Waals surface area contributed by atoms with Gasteiger partial charge in [-0.25, -0.2) is 4.39 Å². The van der Waals surface area contributed by atoms with E-state index in [1.807, 2.05) is 0 Å². The summed E-state index contributed by atoms with van der Waals surface area (Å²) in [5.74, 6) is -1.10. The van der Waals surface area contributed by atoms with Crippen molar-refractivity contribution in [3.05, 3.63) is 29.8 Å². The maximum absolute atomic E-state index is 13.2. The third-order valence-corrected chi connectivity index (χ3v) is 2.69. The van der Waals surface area contributed by atoms with E-state index in [0.717, 1.165) is 6.20 Å². The molecule has 0 radical (unpaired) electrons. The topological polar surface area (TPSA) is 51.2 Å². The Bertz CT molecular complexity index is 362. The van der Waals surface area contributed by atoms with Crippen molar-refractivity contribution in [1.82, 2.24) is 10.3 Å². The van der Waals surface area contributed by atoms with Crippen molar-refractivity contribution in [2.45, 2.75) is 6.04 Å². The number of pyridine rings is 1. The molecule has 0 saturated heterocycles. The fourth-order valence-corrected chi connectivity index (χ4v) is 1.50. The van der Waals surface area contributed by atoms with Crippen LogP contribution in [0.5, 0.6) is 0 Å². The molecule has 4 nitrogen and oxygen atoms in total. The number of hydrogen-bond donors (Lipinski definition) is 1. The lowest BCUT2D eigenvalue weighted by atomic mass is 10.2. The molecular formula is C10H12BrFN2O2. The molecule has 1 heterocycles. The molecule has 1 unspecified atom stereocenters. The summed E-state index contributed by atoms with van der Waals surface area (Å²) in [5, 5.41) is 3.19. The lowest BCUT2D eigenvalue weighted by molar-refractivity contribution is 0.0903. The molecule has 0 spiro atoms. The third-order valence-electron chi connectivity index (χ3n) is 1.91. The lowest BCUT2D eigenvalue weighted by Gasteiger charge is -2.15. The molecule has 0 fully saturated rings. The van der Waals surface area contributed by atoms with Crippen LogP contribution in [0.4, 0.5) is 4.39 Å². The highest BCUT2D eigenvalue weighted by atomic mass is 79.9. The zero-order valence-electron chi connectivity index (χ0n) is 8.74. The van der Waals surface area contributed by atoms with Crippen LogP contribution in [0.15, 0.2) is 18.5 Å². The molecule has 0 saturated carbocycles. The molecule has 1 aromatic rings. The number of alkyl halides is 1. The lowest BCUT2D eigenvalue weighted by Crippen LogP contribution is -2.39. The second-order valence-corrected chi connectivity index (χ2v) is 3.78. The van der Waals surface area contributed by atoms with Crippen molar-refractivity contribution in [3.63, 3.8) is 0 Å². The number of carbonyl (C=O) groups is 1. The van der Waals surface area contributed by atoms with Gasteiger partial charge in [0.25, 0.3) is 5.91 Å². The van der Waals surface area contributed by atoms with Gasteiger partial charge in [-0.05, 0) is 6.07 Å². The second-order valence-electron chi connectivity index (χ2n) is 3.14. The number of nitrogens with one attached hydrogen (secondary N) is 1. The van der Waals surface area contributed by atoms with Crippen molar-refractivity contribution >= 4 is 21.8 Å². The molecule has 1 atom stereocenters. The van der Waals surface area contributed by atoms with E-state index in [9.17, 15) is 9.18 Å². The first kappa shape index (κ1) is 13.1. The Hall–Kier alpha value is -1.01. The van der Waals surface area contributed by atoms with E-state index in [1.54, 1.807) is 0 Å². The van der Waals surface area contributed by atoms with E-state index in [2.05, 4.69) is 26.2 Å². The Balaban J connectivity index is 2.68. The molecule has 1 amide bonds. The molecule has 1 aromatic heterocycles. The average Bonchev–Trinajstić information content (AvgIpc) is 2.28. The number of ether oxygens (including phenoxy) is 1. The van der Waals surface area contributed by atoms with Gasteiger partial charge >= 0.3 is 0 Å². The van der Waals surface area contributed by atoms with Gasteiger partial charge < -0.3 is 10.1 Å². The van der Waals surface area contributed by atoms with Gasteiger partial charge in [-0.3, -0.25) is 9.78 Å². The van der Waals surface area contributed by atoms with Crippen molar-refractivity contribution in [2.24, 2.45) is 0 Å². The van der Waals surface area contributed by atoms with Crippen molar-refractivity contribution < 1.29 is 13.9 Å². The first-order chi connectivity index (χ1) is 7.69. The first-order valence-electron chi connectivity index (χ1n) is 4.64. The largest absolute Gasteiger partial charge is 0.383 e. The average molecular weight is 291 g/mol. The van der Waals surface area contributed by atoms with Gasteiger partial charge in [-0.2, -0.15) is 0 Å². The fourth-order valence-electron chi connectivity index (χ4n) is 1.15. The summed E-state index contributed by atoms with van der Waals surface area (Å²) < 4.78 is 18.1. The van der Waals surface area contributed by atoms with Gasteiger partial charge in [0.2, 0.25) is 0 Å². The Morgan fingerprint density at radius 1 is 1.75 bits per heavy atom. The molecule has 0 aliphatic heterocycles. The van der Waals surface area contributed by atoms with Gasteiger partial charge in [0.1, 0.15) is 0 Å². The SMILES string of the molecule is COCC(CBr)NC(=O)c1ccncc1F. The monoisotopic (exact) mass is 290 g/mol. The molecule has 88 valence electrons. The van der Waals surface area contributed by atoms with Crippen molar-refractivity contribution in [2.75, 3.05) is 19.0 Å². The van der Waals surface area contributed by atoms with Crippen LogP contribution in [0, 0.1) is 5.82 Å². The summed E-state index contributed by atoms with van der Waals surface area (Å²) in [5.41, 5.74) is -0.0166. The van der Waals surface area contributed by atoms with Crippen LogP contribution in [0.25, 0.3) is 0 Å².